The molecule has 1 aliphatic heterocycles. The first-order chi connectivity index (χ1) is 14.2. The molecule has 1 heterocycles. The van der Waals surface area contributed by atoms with Crippen molar-refractivity contribution in [2.45, 2.75) is 51.0 Å². The molecule has 30 heavy (non-hydrogen) atoms. The molecule has 8 heteroatoms. The predicted molar refractivity (Wildman–Crippen MR) is 117 cm³/mol. The lowest BCUT2D eigenvalue weighted by Crippen LogP contribution is -2.33. The number of fused-ring (bicyclic) bond motifs is 1. The highest BCUT2D eigenvalue weighted by atomic mass is 32.2. The van der Waals surface area contributed by atoms with Crippen molar-refractivity contribution in [1.29, 1.82) is 0 Å². The van der Waals surface area contributed by atoms with Crippen LogP contribution in [0.3, 0.4) is 0 Å². The molecule has 0 saturated carbocycles. The summed E-state index contributed by atoms with van der Waals surface area (Å²) in [6, 6.07) is 12.3. The Morgan fingerprint density at radius 1 is 1.13 bits per heavy atom. The van der Waals surface area contributed by atoms with Gasteiger partial charge in [0, 0.05) is 37.3 Å². The van der Waals surface area contributed by atoms with Gasteiger partial charge < -0.3 is 10.2 Å². The summed E-state index contributed by atoms with van der Waals surface area (Å²) in [6.45, 7) is 5.48. The Balaban J connectivity index is 1.58. The van der Waals surface area contributed by atoms with Gasteiger partial charge in [-0.1, -0.05) is 19.1 Å². The molecule has 0 fully saturated rings. The summed E-state index contributed by atoms with van der Waals surface area (Å²) >= 11 is 0. The summed E-state index contributed by atoms with van der Waals surface area (Å²) in [6.07, 6.45) is 1.55. The van der Waals surface area contributed by atoms with Gasteiger partial charge in [0.25, 0.3) is 0 Å². The van der Waals surface area contributed by atoms with Crippen LogP contribution in [0.25, 0.3) is 0 Å². The Bertz CT molecular complexity index is 1050. The molecule has 7 nitrogen and oxygen atoms in total. The van der Waals surface area contributed by atoms with E-state index < -0.39 is 10.0 Å². The first-order valence-corrected chi connectivity index (χ1v) is 11.5. The summed E-state index contributed by atoms with van der Waals surface area (Å²) in [5.74, 6) is -0.327. The Labute approximate surface area is 177 Å². The Morgan fingerprint density at radius 3 is 2.47 bits per heavy atom. The molecule has 2 amide bonds. The second-order valence-corrected chi connectivity index (χ2v) is 9.25. The fourth-order valence-electron chi connectivity index (χ4n) is 3.68. The number of rotatable bonds is 7. The van der Waals surface area contributed by atoms with Gasteiger partial charge in [0.15, 0.2) is 0 Å². The van der Waals surface area contributed by atoms with Gasteiger partial charge in [-0.2, -0.15) is 0 Å². The first kappa shape index (κ1) is 22.0. The van der Waals surface area contributed by atoms with E-state index in [0.29, 0.717) is 12.1 Å². The van der Waals surface area contributed by atoms with E-state index in [-0.39, 0.29) is 35.7 Å². The fourth-order valence-corrected chi connectivity index (χ4v) is 4.77. The zero-order chi connectivity index (χ0) is 21.9. The number of amides is 2. The molecule has 0 spiro atoms. The summed E-state index contributed by atoms with van der Waals surface area (Å²) in [7, 11) is -3.75. The summed E-state index contributed by atoms with van der Waals surface area (Å²) in [5.41, 5.74) is 3.44. The highest BCUT2D eigenvalue weighted by Crippen LogP contribution is 2.33. The van der Waals surface area contributed by atoms with Crippen LogP contribution in [0.1, 0.15) is 38.3 Å². The lowest BCUT2D eigenvalue weighted by Gasteiger charge is -2.20. The summed E-state index contributed by atoms with van der Waals surface area (Å²) < 4.78 is 27.7. The van der Waals surface area contributed by atoms with E-state index in [4.69, 9.17) is 0 Å². The van der Waals surface area contributed by atoms with Crippen molar-refractivity contribution in [3.8, 4) is 0 Å². The van der Waals surface area contributed by atoms with E-state index in [9.17, 15) is 18.0 Å². The highest BCUT2D eigenvalue weighted by Gasteiger charge is 2.30. The highest BCUT2D eigenvalue weighted by molar-refractivity contribution is 7.89. The molecule has 160 valence electrons. The third-order valence-corrected chi connectivity index (χ3v) is 6.66. The number of nitrogens with zero attached hydrogens (tertiary/aromatic N) is 1. The van der Waals surface area contributed by atoms with Crippen LogP contribution < -0.4 is 14.9 Å². The minimum Gasteiger partial charge on any atom is -0.326 e. The van der Waals surface area contributed by atoms with Crippen molar-refractivity contribution < 1.29 is 18.0 Å². The number of sulfonamides is 1. The maximum atomic E-state index is 12.6. The lowest BCUT2D eigenvalue weighted by molar-refractivity contribution is -0.117. The molecule has 1 aliphatic rings. The molecule has 0 aromatic heterocycles. The second kappa shape index (κ2) is 8.97. The number of benzene rings is 2. The van der Waals surface area contributed by atoms with Crippen molar-refractivity contribution in [3.05, 3.63) is 53.6 Å². The predicted octanol–water partition coefficient (Wildman–Crippen LogP) is 2.85. The molecule has 3 rings (SSSR count). The second-order valence-electron chi connectivity index (χ2n) is 7.48. The molecular formula is C22H27N3O4S. The molecule has 0 radical (unpaired) electrons. The molecule has 0 saturated heterocycles. The standard InChI is InChI=1S/C22H27N3O4S/c1-4-17-5-7-19(8-6-17)24-22(27)11-12-23-30(28,29)20-9-10-21-18(14-20)13-15(2)25(21)16(3)26/h5-10,14-15,23H,4,11-13H2,1-3H3,(H,24,27). The number of nitrogens with one attached hydrogen (secondary N) is 2. The van der Waals surface area contributed by atoms with Crippen LogP contribution in [0.2, 0.25) is 0 Å². The van der Waals surface area contributed by atoms with Gasteiger partial charge in [-0.05, 0) is 61.2 Å². The number of hydrogen-bond donors (Lipinski definition) is 2. The number of carbonyl (C=O) groups excluding carboxylic acids is 2. The maximum absolute atomic E-state index is 12.6. The summed E-state index contributed by atoms with van der Waals surface area (Å²) in [4.78, 5) is 25.7. The zero-order valence-electron chi connectivity index (χ0n) is 17.4. The third-order valence-electron chi connectivity index (χ3n) is 5.21. The molecule has 0 bridgehead atoms. The Kier molecular flexibility index (Phi) is 6.58. The van der Waals surface area contributed by atoms with E-state index in [1.807, 2.05) is 31.2 Å². The van der Waals surface area contributed by atoms with E-state index in [1.165, 1.54) is 18.6 Å². The largest absolute Gasteiger partial charge is 0.326 e. The van der Waals surface area contributed by atoms with Crippen LogP contribution in [0, 0.1) is 0 Å². The van der Waals surface area contributed by atoms with E-state index in [1.54, 1.807) is 17.0 Å². The Hall–Kier alpha value is -2.71. The monoisotopic (exact) mass is 429 g/mol. The number of hydrogen-bond acceptors (Lipinski definition) is 4. The zero-order valence-corrected chi connectivity index (χ0v) is 18.3. The van der Waals surface area contributed by atoms with E-state index in [0.717, 1.165) is 17.7 Å². The van der Waals surface area contributed by atoms with Gasteiger partial charge >= 0.3 is 0 Å². The smallest absolute Gasteiger partial charge is 0.240 e. The van der Waals surface area contributed by atoms with Crippen LogP contribution >= 0.6 is 0 Å². The molecule has 2 aromatic rings. The fraction of sp³-hybridized carbons (Fsp3) is 0.364. The van der Waals surface area contributed by atoms with Crippen molar-refractivity contribution >= 4 is 33.2 Å². The SMILES string of the molecule is CCc1ccc(NC(=O)CCNS(=O)(=O)c2ccc3c(c2)CC(C)N3C(C)=O)cc1. The van der Waals surface area contributed by atoms with Crippen LogP contribution in [0.5, 0.6) is 0 Å². The van der Waals surface area contributed by atoms with Gasteiger partial charge in [-0.3, -0.25) is 9.59 Å². The van der Waals surface area contributed by atoms with Crippen molar-refractivity contribution in [1.82, 2.24) is 4.72 Å². The summed E-state index contributed by atoms with van der Waals surface area (Å²) in [5, 5.41) is 2.76. The molecule has 2 N–H and O–H groups in total. The Morgan fingerprint density at radius 2 is 1.83 bits per heavy atom. The van der Waals surface area contributed by atoms with Gasteiger partial charge in [0.2, 0.25) is 21.8 Å². The van der Waals surface area contributed by atoms with Crippen LogP contribution in [-0.2, 0) is 32.5 Å². The molecular weight excluding hydrogens is 402 g/mol. The van der Waals surface area contributed by atoms with Gasteiger partial charge in [0.05, 0.1) is 4.90 Å². The van der Waals surface area contributed by atoms with E-state index in [2.05, 4.69) is 17.0 Å². The number of anilines is 2. The molecule has 0 aliphatic carbocycles. The molecule has 1 atom stereocenters. The normalized spacial score (nSPS) is 15.7. The average molecular weight is 430 g/mol. The maximum Gasteiger partial charge on any atom is 0.240 e. The minimum atomic E-state index is -3.75. The van der Waals surface area contributed by atoms with Crippen molar-refractivity contribution in [3.63, 3.8) is 0 Å². The van der Waals surface area contributed by atoms with Crippen molar-refractivity contribution in [2.75, 3.05) is 16.8 Å². The topological polar surface area (TPSA) is 95.6 Å². The lowest BCUT2D eigenvalue weighted by atomic mass is 10.1. The number of carbonyl (C=O) groups is 2. The molecule has 2 aromatic carbocycles. The van der Waals surface area contributed by atoms with Crippen molar-refractivity contribution in [2.24, 2.45) is 0 Å². The van der Waals surface area contributed by atoms with Gasteiger partial charge in [0.1, 0.15) is 0 Å². The number of aryl methyl sites for hydroxylation is 1. The van der Waals surface area contributed by atoms with Gasteiger partial charge in [-0.25, -0.2) is 13.1 Å². The van der Waals surface area contributed by atoms with Crippen LogP contribution in [0.4, 0.5) is 11.4 Å². The minimum absolute atomic E-state index is 0.00139. The first-order valence-electron chi connectivity index (χ1n) is 10.0. The quantitative estimate of drug-likeness (QED) is 0.707. The van der Waals surface area contributed by atoms with Crippen LogP contribution in [0.15, 0.2) is 47.4 Å². The average Bonchev–Trinajstić information content (AvgIpc) is 3.03. The van der Waals surface area contributed by atoms with Crippen LogP contribution in [-0.4, -0.2) is 32.8 Å². The third kappa shape index (κ3) is 4.88. The van der Waals surface area contributed by atoms with E-state index >= 15 is 0 Å². The van der Waals surface area contributed by atoms with Gasteiger partial charge in [-0.15, -0.1) is 0 Å². The molecule has 1 unspecified atom stereocenters.